The number of aromatic nitrogens is 1. The molecule has 0 saturated heterocycles. The van der Waals surface area contributed by atoms with Crippen molar-refractivity contribution in [3.63, 3.8) is 0 Å². The van der Waals surface area contributed by atoms with Crippen LogP contribution in [-0.2, 0) is 0 Å². The average molecular weight is 248 g/mol. The van der Waals surface area contributed by atoms with Gasteiger partial charge in [0.1, 0.15) is 5.75 Å². The first-order chi connectivity index (χ1) is 8.25. The van der Waals surface area contributed by atoms with Gasteiger partial charge in [0, 0.05) is 17.8 Å². The minimum atomic E-state index is -0.0782. The zero-order valence-electron chi connectivity index (χ0n) is 8.97. The van der Waals surface area contributed by atoms with Gasteiger partial charge in [0.15, 0.2) is 12.4 Å². The molecule has 3 nitrogen and oxygen atoms in total. The van der Waals surface area contributed by atoms with Crippen molar-refractivity contribution < 1.29 is 9.53 Å². The van der Waals surface area contributed by atoms with Gasteiger partial charge in [-0.1, -0.05) is 41.9 Å². The number of benzene rings is 1. The summed E-state index contributed by atoms with van der Waals surface area (Å²) in [5, 5.41) is 0.481. The van der Waals surface area contributed by atoms with Crippen molar-refractivity contribution in [2.24, 2.45) is 0 Å². The molecule has 0 amide bonds. The number of Topliss-reactive ketones (excluding diaryl/α,β-unsaturated/α-hetero) is 1. The van der Waals surface area contributed by atoms with Gasteiger partial charge in [0.25, 0.3) is 0 Å². The third-order valence-electron chi connectivity index (χ3n) is 2.15. The Hall–Kier alpha value is -1.87. The van der Waals surface area contributed by atoms with E-state index in [1.807, 2.05) is 18.2 Å². The maximum absolute atomic E-state index is 11.7. The Morgan fingerprint density at radius 2 is 2.00 bits per heavy atom. The highest BCUT2D eigenvalue weighted by molar-refractivity contribution is 6.30. The van der Waals surface area contributed by atoms with E-state index in [9.17, 15) is 4.79 Å². The lowest BCUT2D eigenvalue weighted by Gasteiger charge is -2.05. The van der Waals surface area contributed by atoms with Gasteiger partial charge in [0.05, 0.1) is 11.2 Å². The normalized spacial score (nSPS) is 9.94. The van der Waals surface area contributed by atoms with Crippen LogP contribution in [-0.4, -0.2) is 17.4 Å². The smallest absolute Gasteiger partial charge is 0.200 e. The number of hydrogen-bond acceptors (Lipinski definition) is 3. The fraction of sp³-hybridized carbons (Fsp3) is 0.0769. The molecule has 86 valence electrons. The molecule has 2 aromatic rings. The van der Waals surface area contributed by atoms with Gasteiger partial charge >= 0.3 is 0 Å². The number of ketones is 1. The maximum atomic E-state index is 11.7. The summed E-state index contributed by atoms with van der Waals surface area (Å²) in [6.45, 7) is -0.0218. The van der Waals surface area contributed by atoms with Crippen LogP contribution >= 0.6 is 11.6 Å². The SMILES string of the molecule is O=C(COc1cncc(Cl)c1)c1ccccc1. The van der Waals surface area contributed by atoms with Gasteiger partial charge < -0.3 is 4.74 Å². The minimum absolute atomic E-state index is 0.0218. The van der Waals surface area contributed by atoms with Gasteiger partial charge in [-0.2, -0.15) is 0 Å². The third kappa shape index (κ3) is 3.29. The second kappa shape index (κ2) is 5.46. The van der Waals surface area contributed by atoms with Crippen molar-refractivity contribution in [1.82, 2.24) is 4.98 Å². The van der Waals surface area contributed by atoms with Crippen molar-refractivity contribution in [2.75, 3.05) is 6.61 Å². The predicted molar refractivity (Wildman–Crippen MR) is 65.5 cm³/mol. The Labute approximate surface area is 104 Å². The molecule has 0 fully saturated rings. The summed E-state index contributed by atoms with van der Waals surface area (Å²) < 4.78 is 5.31. The van der Waals surface area contributed by atoms with Gasteiger partial charge in [0.2, 0.25) is 0 Å². The fourth-order valence-corrected chi connectivity index (χ4v) is 1.49. The van der Waals surface area contributed by atoms with Crippen LogP contribution in [0.15, 0.2) is 48.8 Å². The van der Waals surface area contributed by atoms with Crippen molar-refractivity contribution in [3.8, 4) is 5.75 Å². The Bertz CT molecular complexity index is 514. The summed E-state index contributed by atoms with van der Waals surface area (Å²) >= 11 is 5.75. The molecule has 4 heteroatoms. The van der Waals surface area contributed by atoms with Crippen LogP contribution in [0, 0.1) is 0 Å². The van der Waals surface area contributed by atoms with E-state index in [-0.39, 0.29) is 12.4 Å². The second-order valence-corrected chi connectivity index (χ2v) is 3.85. The lowest BCUT2D eigenvalue weighted by atomic mass is 10.1. The molecular formula is C13H10ClNO2. The molecule has 0 unspecified atom stereocenters. The third-order valence-corrected chi connectivity index (χ3v) is 2.35. The summed E-state index contributed by atoms with van der Waals surface area (Å²) in [7, 11) is 0. The number of carbonyl (C=O) groups is 1. The molecule has 0 N–H and O–H groups in total. The second-order valence-electron chi connectivity index (χ2n) is 3.42. The Kier molecular flexibility index (Phi) is 3.73. The van der Waals surface area contributed by atoms with Crippen LogP contribution in [0.1, 0.15) is 10.4 Å². The molecule has 1 heterocycles. The summed E-state index contributed by atoms with van der Waals surface area (Å²) in [4.78, 5) is 15.6. The van der Waals surface area contributed by atoms with E-state index in [0.29, 0.717) is 16.3 Å². The van der Waals surface area contributed by atoms with Gasteiger partial charge in [-0.3, -0.25) is 9.78 Å². The molecule has 17 heavy (non-hydrogen) atoms. The molecule has 0 aliphatic rings. The topological polar surface area (TPSA) is 39.2 Å². The minimum Gasteiger partial charge on any atom is -0.484 e. The molecule has 0 aliphatic heterocycles. The number of carbonyl (C=O) groups excluding carboxylic acids is 1. The van der Waals surface area contributed by atoms with Crippen LogP contribution in [0.4, 0.5) is 0 Å². The van der Waals surface area contributed by atoms with E-state index in [2.05, 4.69) is 4.98 Å². The van der Waals surface area contributed by atoms with Crippen LogP contribution in [0.5, 0.6) is 5.75 Å². The zero-order valence-corrected chi connectivity index (χ0v) is 9.72. The van der Waals surface area contributed by atoms with E-state index in [4.69, 9.17) is 16.3 Å². The average Bonchev–Trinajstić information content (AvgIpc) is 2.37. The lowest BCUT2D eigenvalue weighted by molar-refractivity contribution is 0.0921. The van der Waals surface area contributed by atoms with Crippen LogP contribution in [0.25, 0.3) is 0 Å². The molecular weight excluding hydrogens is 238 g/mol. The highest BCUT2D eigenvalue weighted by Gasteiger charge is 2.06. The molecule has 0 aliphatic carbocycles. The van der Waals surface area contributed by atoms with Crippen molar-refractivity contribution in [2.45, 2.75) is 0 Å². The van der Waals surface area contributed by atoms with E-state index < -0.39 is 0 Å². The van der Waals surface area contributed by atoms with E-state index in [1.165, 1.54) is 12.4 Å². The first-order valence-electron chi connectivity index (χ1n) is 5.07. The number of hydrogen-bond donors (Lipinski definition) is 0. The predicted octanol–water partition coefficient (Wildman–Crippen LogP) is 3.00. The van der Waals surface area contributed by atoms with Crippen LogP contribution < -0.4 is 4.74 Å². The Morgan fingerprint density at radius 1 is 1.24 bits per heavy atom. The zero-order chi connectivity index (χ0) is 12.1. The highest BCUT2D eigenvalue weighted by atomic mass is 35.5. The molecule has 1 aromatic heterocycles. The summed E-state index contributed by atoms with van der Waals surface area (Å²) in [6, 6.07) is 10.6. The summed E-state index contributed by atoms with van der Waals surface area (Å²) in [5.41, 5.74) is 0.627. The van der Waals surface area contributed by atoms with Gasteiger partial charge in [-0.05, 0) is 0 Å². The Balaban J connectivity index is 1.97. The molecule has 0 bridgehead atoms. The number of rotatable bonds is 4. The largest absolute Gasteiger partial charge is 0.484 e. The lowest BCUT2D eigenvalue weighted by Crippen LogP contribution is -2.11. The molecule has 1 aromatic carbocycles. The van der Waals surface area contributed by atoms with Crippen molar-refractivity contribution in [3.05, 3.63) is 59.4 Å². The number of pyridine rings is 1. The van der Waals surface area contributed by atoms with Gasteiger partial charge in [-0.25, -0.2) is 0 Å². The summed E-state index contributed by atoms with van der Waals surface area (Å²) in [5.74, 6) is 0.410. The van der Waals surface area contributed by atoms with Crippen LogP contribution in [0.2, 0.25) is 5.02 Å². The maximum Gasteiger partial charge on any atom is 0.200 e. The first kappa shape index (κ1) is 11.6. The van der Waals surface area contributed by atoms with Crippen LogP contribution in [0.3, 0.4) is 0 Å². The monoisotopic (exact) mass is 247 g/mol. The molecule has 0 spiro atoms. The number of halogens is 1. The molecule has 2 rings (SSSR count). The highest BCUT2D eigenvalue weighted by Crippen LogP contribution is 2.15. The molecule has 0 radical (unpaired) electrons. The molecule has 0 saturated carbocycles. The summed E-state index contributed by atoms with van der Waals surface area (Å²) in [6.07, 6.45) is 3.03. The first-order valence-corrected chi connectivity index (χ1v) is 5.45. The number of nitrogens with zero attached hydrogens (tertiary/aromatic N) is 1. The van der Waals surface area contributed by atoms with E-state index in [0.717, 1.165) is 0 Å². The number of ether oxygens (including phenoxy) is 1. The standard InChI is InChI=1S/C13H10ClNO2/c14-11-6-12(8-15-7-11)17-9-13(16)10-4-2-1-3-5-10/h1-8H,9H2. The van der Waals surface area contributed by atoms with Crippen molar-refractivity contribution >= 4 is 17.4 Å². The van der Waals surface area contributed by atoms with E-state index >= 15 is 0 Å². The quantitative estimate of drug-likeness (QED) is 0.780. The Morgan fingerprint density at radius 3 is 2.71 bits per heavy atom. The van der Waals surface area contributed by atoms with E-state index in [1.54, 1.807) is 18.2 Å². The fourth-order valence-electron chi connectivity index (χ4n) is 1.33. The molecule has 0 atom stereocenters. The van der Waals surface area contributed by atoms with Crippen molar-refractivity contribution in [1.29, 1.82) is 0 Å². The van der Waals surface area contributed by atoms with Gasteiger partial charge in [-0.15, -0.1) is 0 Å².